The number of imidazole rings is 1. The van der Waals surface area contributed by atoms with Crippen LogP contribution in [0, 0.1) is 6.92 Å². The second-order valence-corrected chi connectivity index (χ2v) is 8.11. The summed E-state index contributed by atoms with van der Waals surface area (Å²) in [5.74, 6) is 0.710. The average Bonchev–Trinajstić information content (AvgIpc) is 3.22. The van der Waals surface area contributed by atoms with Crippen LogP contribution in [-0.2, 0) is 0 Å². The number of nitrogens with zero attached hydrogens (tertiary/aromatic N) is 5. The summed E-state index contributed by atoms with van der Waals surface area (Å²) in [4.78, 5) is 23.2. The van der Waals surface area contributed by atoms with E-state index in [1.54, 1.807) is 24.4 Å². The van der Waals surface area contributed by atoms with E-state index in [4.69, 9.17) is 16.6 Å². The van der Waals surface area contributed by atoms with Gasteiger partial charge >= 0.3 is 0 Å². The van der Waals surface area contributed by atoms with Crippen molar-refractivity contribution in [3.8, 4) is 0 Å². The Balaban J connectivity index is 1.55. The zero-order chi connectivity index (χ0) is 19.8. The molecule has 2 aromatic carbocycles. The molecule has 1 N–H and O–H groups in total. The number of anilines is 1. The van der Waals surface area contributed by atoms with Gasteiger partial charge in [-0.2, -0.15) is 0 Å². The Hall–Kier alpha value is -2.90. The Bertz CT molecular complexity index is 1320. The van der Waals surface area contributed by atoms with Crippen LogP contribution in [0.25, 0.3) is 17.4 Å². The van der Waals surface area contributed by atoms with Crippen LogP contribution in [0.1, 0.15) is 5.56 Å². The third-order valence-corrected chi connectivity index (χ3v) is 6.24. The van der Waals surface area contributed by atoms with Crippen LogP contribution in [-0.4, -0.2) is 31.9 Å². The van der Waals surface area contributed by atoms with E-state index < -0.39 is 0 Å². The molecule has 1 aliphatic heterocycles. The summed E-state index contributed by atoms with van der Waals surface area (Å²) in [5.41, 5.74) is 3.81. The van der Waals surface area contributed by atoms with Crippen LogP contribution in [0.3, 0.4) is 0 Å². The minimum Gasteiger partial charge on any atom is -0.341 e. The molecule has 6 nitrogen and oxygen atoms in total. The number of benzene rings is 2. The van der Waals surface area contributed by atoms with Gasteiger partial charge in [-0.15, -0.1) is 0 Å². The van der Waals surface area contributed by atoms with E-state index >= 15 is 0 Å². The van der Waals surface area contributed by atoms with E-state index in [0.29, 0.717) is 16.4 Å². The molecule has 1 aliphatic rings. The number of nitrogens with one attached hydrogen (secondary N) is 1. The molecule has 0 saturated carbocycles. The highest BCUT2D eigenvalue weighted by Gasteiger charge is 2.22. The van der Waals surface area contributed by atoms with Crippen molar-refractivity contribution in [3.63, 3.8) is 0 Å². The van der Waals surface area contributed by atoms with Gasteiger partial charge in [-0.25, -0.2) is 15.0 Å². The highest BCUT2D eigenvalue weighted by Crippen LogP contribution is 2.28. The van der Waals surface area contributed by atoms with Crippen molar-refractivity contribution >= 4 is 46.4 Å². The number of aromatic amines is 1. The summed E-state index contributed by atoms with van der Waals surface area (Å²) in [6.45, 7) is 2.11. The smallest absolute Gasteiger partial charge is 0.181 e. The SMILES string of the molecule is Cc1ccccc1N1C=c2c(Cl)cccc2=NC1CSc1ncnc2nc[nH]c12. The van der Waals surface area contributed by atoms with E-state index in [2.05, 4.69) is 50.1 Å². The first-order valence-electron chi connectivity index (χ1n) is 9.16. The van der Waals surface area contributed by atoms with E-state index in [9.17, 15) is 0 Å². The number of hydrogen-bond donors (Lipinski definition) is 1. The van der Waals surface area contributed by atoms with Gasteiger partial charge in [-0.1, -0.05) is 47.6 Å². The summed E-state index contributed by atoms with van der Waals surface area (Å²) < 4.78 is 0. The van der Waals surface area contributed by atoms with Crippen molar-refractivity contribution in [2.45, 2.75) is 18.1 Å². The van der Waals surface area contributed by atoms with Crippen molar-refractivity contribution in [1.82, 2.24) is 19.9 Å². The highest BCUT2D eigenvalue weighted by atomic mass is 35.5. The fourth-order valence-electron chi connectivity index (χ4n) is 3.42. The fraction of sp³-hybridized carbons (Fsp3) is 0.143. The highest BCUT2D eigenvalue weighted by molar-refractivity contribution is 7.99. The van der Waals surface area contributed by atoms with E-state index in [1.165, 1.54) is 5.56 Å². The summed E-state index contributed by atoms with van der Waals surface area (Å²) in [6, 6.07) is 14.1. The first-order valence-corrected chi connectivity index (χ1v) is 10.5. The molecule has 29 heavy (non-hydrogen) atoms. The predicted molar refractivity (Wildman–Crippen MR) is 117 cm³/mol. The van der Waals surface area contributed by atoms with Crippen molar-refractivity contribution in [2.75, 3.05) is 10.7 Å². The standard InChI is InChI=1S/C21H17ClN6S/c1-13-5-2-3-8-17(13)28-9-14-15(22)6-4-7-16(14)27-18(28)10-29-21-19-20(24-11-23-19)25-12-26-21/h2-9,11-12,18H,10H2,1H3,(H,23,24,25,26). The molecule has 0 spiro atoms. The van der Waals surface area contributed by atoms with Crippen LogP contribution in [0.5, 0.6) is 0 Å². The molecular weight excluding hydrogens is 404 g/mol. The van der Waals surface area contributed by atoms with Crippen molar-refractivity contribution in [2.24, 2.45) is 4.99 Å². The normalized spacial score (nSPS) is 15.7. The first-order chi connectivity index (χ1) is 14.2. The van der Waals surface area contributed by atoms with Crippen LogP contribution < -0.4 is 15.5 Å². The lowest BCUT2D eigenvalue weighted by Gasteiger charge is -2.31. The Labute approximate surface area is 176 Å². The molecule has 5 rings (SSSR count). The van der Waals surface area contributed by atoms with Crippen molar-refractivity contribution in [3.05, 3.63) is 76.3 Å². The Morgan fingerprint density at radius 1 is 1.10 bits per heavy atom. The third-order valence-electron chi connectivity index (χ3n) is 4.86. The number of halogens is 1. The quantitative estimate of drug-likeness (QED) is 0.405. The average molecular weight is 421 g/mol. The molecule has 0 bridgehead atoms. The molecular formula is C21H17ClN6S. The Morgan fingerprint density at radius 2 is 2.00 bits per heavy atom. The number of H-pyrrole nitrogens is 1. The van der Waals surface area contributed by atoms with E-state index in [0.717, 1.165) is 26.8 Å². The predicted octanol–water partition coefficient (Wildman–Crippen LogP) is 3.31. The van der Waals surface area contributed by atoms with Crippen molar-refractivity contribution < 1.29 is 0 Å². The maximum absolute atomic E-state index is 6.46. The lowest BCUT2D eigenvalue weighted by molar-refractivity contribution is 0.737. The van der Waals surface area contributed by atoms with E-state index in [1.807, 2.05) is 30.3 Å². The number of aromatic nitrogens is 4. The van der Waals surface area contributed by atoms with Gasteiger partial charge in [-0.05, 0) is 30.7 Å². The fourth-order valence-corrected chi connectivity index (χ4v) is 4.60. The first kappa shape index (κ1) is 18.1. The maximum Gasteiger partial charge on any atom is 0.181 e. The van der Waals surface area contributed by atoms with Gasteiger partial charge in [0.25, 0.3) is 0 Å². The summed E-state index contributed by atoms with van der Waals surface area (Å²) >= 11 is 8.09. The van der Waals surface area contributed by atoms with E-state index in [-0.39, 0.29) is 6.17 Å². The monoisotopic (exact) mass is 420 g/mol. The minimum absolute atomic E-state index is 0.0972. The topological polar surface area (TPSA) is 70.1 Å². The van der Waals surface area contributed by atoms with Crippen LogP contribution in [0.2, 0.25) is 5.02 Å². The Kier molecular flexibility index (Phi) is 4.69. The molecule has 0 aliphatic carbocycles. The largest absolute Gasteiger partial charge is 0.341 e. The number of hydrogen-bond acceptors (Lipinski definition) is 6. The molecule has 3 heterocycles. The summed E-state index contributed by atoms with van der Waals surface area (Å²) in [7, 11) is 0. The molecule has 8 heteroatoms. The third kappa shape index (κ3) is 3.36. The van der Waals surface area contributed by atoms with Gasteiger partial charge in [0.2, 0.25) is 0 Å². The molecule has 0 amide bonds. The number of rotatable bonds is 4. The number of para-hydroxylation sites is 1. The number of fused-ring (bicyclic) bond motifs is 2. The number of thioether (sulfide) groups is 1. The molecule has 0 saturated heterocycles. The minimum atomic E-state index is -0.0972. The van der Waals surface area contributed by atoms with Gasteiger partial charge in [-0.3, -0.25) is 4.99 Å². The molecule has 0 radical (unpaired) electrons. The second kappa shape index (κ2) is 7.50. The van der Waals surface area contributed by atoms with Gasteiger partial charge in [0.15, 0.2) is 5.65 Å². The lowest BCUT2D eigenvalue weighted by Crippen LogP contribution is -2.44. The van der Waals surface area contributed by atoms with Gasteiger partial charge in [0, 0.05) is 22.9 Å². The molecule has 2 aromatic heterocycles. The van der Waals surface area contributed by atoms with Crippen molar-refractivity contribution in [1.29, 1.82) is 0 Å². The van der Waals surface area contributed by atoms with Crippen LogP contribution in [0.15, 0.2) is 65.1 Å². The van der Waals surface area contributed by atoms with Gasteiger partial charge in [0.1, 0.15) is 23.0 Å². The molecule has 1 atom stereocenters. The second-order valence-electron chi connectivity index (χ2n) is 6.70. The van der Waals surface area contributed by atoms with Gasteiger partial charge < -0.3 is 9.88 Å². The number of aryl methyl sites for hydroxylation is 1. The molecule has 0 fully saturated rings. The lowest BCUT2D eigenvalue weighted by atomic mass is 10.1. The Morgan fingerprint density at radius 3 is 2.90 bits per heavy atom. The maximum atomic E-state index is 6.46. The summed E-state index contributed by atoms with van der Waals surface area (Å²) in [5, 5.41) is 3.41. The zero-order valence-electron chi connectivity index (χ0n) is 15.6. The van der Waals surface area contributed by atoms with Gasteiger partial charge in [0.05, 0.1) is 16.7 Å². The van der Waals surface area contributed by atoms with Crippen LogP contribution in [0.4, 0.5) is 5.69 Å². The van der Waals surface area contributed by atoms with Crippen LogP contribution >= 0.6 is 23.4 Å². The summed E-state index contributed by atoms with van der Waals surface area (Å²) in [6.07, 6.45) is 5.19. The zero-order valence-corrected chi connectivity index (χ0v) is 17.2. The molecule has 4 aromatic rings. The molecule has 144 valence electrons. The molecule has 1 unspecified atom stereocenters.